The quantitative estimate of drug-likeness (QED) is 0.425. The molecule has 1 aromatic heterocycles. The lowest BCUT2D eigenvalue weighted by Gasteiger charge is -2.36. The molecule has 1 aromatic carbocycles. The molecule has 0 bridgehead atoms. The minimum absolute atomic E-state index is 0.265. The van der Waals surface area contributed by atoms with Gasteiger partial charge in [-0.25, -0.2) is 4.99 Å². The third-order valence-corrected chi connectivity index (χ3v) is 4.85. The molecule has 0 amide bonds. The number of piperazine rings is 1. The van der Waals surface area contributed by atoms with Crippen LogP contribution in [0.1, 0.15) is 12.6 Å². The van der Waals surface area contributed by atoms with E-state index in [1.807, 2.05) is 24.3 Å². The Bertz CT molecular complexity index is 803. The van der Waals surface area contributed by atoms with Crippen molar-refractivity contribution in [3.05, 3.63) is 36.2 Å². The van der Waals surface area contributed by atoms with Gasteiger partial charge in [-0.2, -0.15) is 0 Å². The van der Waals surface area contributed by atoms with Crippen molar-refractivity contribution in [2.24, 2.45) is 4.99 Å². The van der Waals surface area contributed by atoms with Crippen molar-refractivity contribution in [3.8, 4) is 17.2 Å². The van der Waals surface area contributed by atoms with Crippen LogP contribution in [0.2, 0.25) is 0 Å². The van der Waals surface area contributed by atoms with E-state index in [0.29, 0.717) is 13.2 Å². The van der Waals surface area contributed by atoms with Crippen molar-refractivity contribution in [2.75, 3.05) is 52.7 Å². The molecule has 0 spiro atoms. The smallest absolute Gasteiger partial charge is 0.231 e. The Hall–Kier alpha value is -2.94. The van der Waals surface area contributed by atoms with Gasteiger partial charge in [0, 0.05) is 51.4 Å². The van der Waals surface area contributed by atoms with Crippen LogP contribution >= 0.6 is 0 Å². The van der Waals surface area contributed by atoms with Crippen molar-refractivity contribution in [1.82, 2.24) is 20.3 Å². The fourth-order valence-corrected chi connectivity index (χ4v) is 3.37. The van der Waals surface area contributed by atoms with Gasteiger partial charge < -0.3 is 29.0 Å². The topological polar surface area (TPSA) is 84.6 Å². The number of guanidine groups is 1. The molecule has 9 heteroatoms. The maximum absolute atomic E-state index is 5.81. The zero-order valence-electron chi connectivity index (χ0n) is 16.7. The summed E-state index contributed by atoms with van der Waals surface area (Å²) in [6.45, 7) is 8.86. The van der Waals surface area contributed by atoms with Gasteiger partial charge in [-0.3, -0.25) is 4.90 Å². The monoisotopic (exact) mass is 401 g/mol. The average molecular weight is 401 g/mol. The van der Waals surface area contributed by atoms with Crippen LogP contribution in [0.4, 0.5) is 0 Å². The number of benzene rings is 1. The van der Waals surface area contributed by atoms with Crippen LogP contribution in [0.5, 0.6) is 17.2 Å². The van der Waals surface area contributed by atoms with Crippen molar-refractivity contribution < 1.29 is 18.7 Å². The van der Waals surface area contributed by atoms with Crippen molar-refractivity contribution in [3.63, 3.8) is 0 Å². The first-order chi connectivity index (χ1) is 14.3. The molecule has 1 N–H and O–H groups in total. The standard InChI is InChI=1S/C20H27N5O4/c1-2-21-20(25-9-7-24(8-10-25)14-16-5-11-29-23-16)22-6-12-26-17-3-4-18-19(13-17)28-15-27-18/h3-5,11,13H,2,6-10,12,14-15H2,1H3,(H,21,22). The zero-order valence-corrected chi connectivity index (χ0v) is 16.7. The van der Waals surface area contributed by atoms with Crippen LogP contribution in [-0.4, -0.2) is 73.6 Å². The molecule has 9 nitrogen and oxygen atoms in total. The van der Waals surface area contributed by atoms with Gasteiger partial charge >= 0.3 is 0 Å². The summed E-state index contributed by atoms with van der Waals surface area (Å²) in [5.74, 6) is 3.18. The van der Waals surface area contributed by atoms with E-state index in [9.17, 15) is 0 Å². The summed E-state index contributed by atoms with van der Waals surface area (Å²) in [6.07, 6.45) is 1.62. The Morgan fingerprint density at radius 1 is 1.17 bits per heavy atom. The minimum atomic E-state index is 0.265. The average Bonchev–Trinajstić information content (AvgIpc) is 3.42. The number of hydrogen-bond donors (Lipinski definition) is 1. The number of nitrogens with one attached hydrogen (secondary N) is 1. The molecule has 2 aromatic rings. The van der Waals surface area contributed by atoms with Gasteiger partial charge in [-0.1, -0.05) is 5.16 Å². The Morgan fingerprint density at radius 3 is 2.83 bits per heavy atom. The van der Waals surface area contributed by atoms with Crippen LogP contribution in [-0.2, 0) is 6.54 Å². The van der Waals surface area contributed by atoms with Crippen LogP contribution in [0.25, 0.3) is 0 Å². The number of rotatable bonds is 7. The first-order valence-electron chi connectivity index (χ1n) is 9.99. The lowest BCUT2D eigenvalue weighted by Crippen LogP contribution is -2.52. The summed E-state index contributed by atoms with van der Waals surface area (Å²) in [6, 6.07) is 7.52. The Morgan fingerprint density at radius 2 is 2.03 bits per heavy atom. The van der Waals surface area contributed by atoms with Crippen LogP contribution in [0.15, 0.2) is 40.0 Å². The van der Waals surface area contributed by atoms with E-state index in [4.69, 9.17) is 23.7 Å². The first-order valence-corrected chi connectivity index (χ1v) is 9.99. The van der Waals surface area contributed by atoms with Gasteiger partial charge in [-0.05, 0) is 19.1 Å². The van der Waals surface area contributed by atoms with E-state index >= 15 is 0 Å². The second kappa shape index (κ2) is 9.51. The van der Waals surface area contributed by atoms with E-state index < -0.39 is 0 Å². The zero-order chi connectivity index (χ0) is 19.9. The van der Waals surface area contributed by atoms with Gasteiger partial charge in [0.1, 0.15) is 18.6 Å². The molecular formula is C20H27N5O4. The van der Waals surface area contributed by atoms with E-state index in [-0.39, 0.29) is 6.79 Å². The third kappa shape index (κ3) is 5.11. The van der Waals surface area contributed by atoms with Crippen LogP contribution in [0.3, 0.4) is 0 Å². The predicted molar refractivity (Wildman–Crippen MR) is 107 cm³/mol. The number of hydrogen-bond acceptors (Lipinski definition) is 7. The normalized spacial score (nSPS) is 16.9. The van der Waals surface area contributed by atoms with Gasteiger partial charge in [0.05, 0.1) is 12.2 Å². The fourth-order valence-electron chi connectivity index (χ4n) is 3.37. The Balaban J connectivity index is 1.24. The molecule has 0 saturated carbocycles. The van der Waals surface area contributed by atoms with Gasteiger partial charge in [-0.15, -0.1) is 0 Å². The maximum Gasteiger partial charge on any atom is 0.231 e. The first kappa shape index (κ1) is 19.4. The molecule has 0 atom stereocenters. The summed E-state index contributed by atoms with van der Waals surface area (Å²) in [5, 5.41) is 7.38. The molecule has 156 valence electrons. The van der Waals surface area contributed by atoms with E-state index in [0.717, 1.165) is 68.2 Å². The van der Waals surface area contributed by atoms with Crippen LogP contribution < -0.4 is 19.5 Å². The number of nitrogens with zero attached hydrogens (tertiary/aromatic N) is 4. The van der Waals surface area contributed by atoms with E-state index in [1.54, 1.807) is 6.26 Å². The third-order valence-electron chi connectivity index (χ3n) is 4.85. The molecule has 0 radical (unpaired) electrons. The van der Waals surface area contributed by atoms with Crippen molar-refractivity contribution >= 4 is 5.96 Å². The highest BCUT2D eigenvalue weighted by Crippen LogP contribution is 2.34. The summed E-state index contributed by atoms with van der Waals surface area (Å²) in [5.41, 5.74) is 0.972. The van der Waals surface area contributed by atoms with Crippen molar-refractivity contribution in [1.29, 1.82) is 0 Å². The number of aliphatic imine (C=N–C) groups is 1. The van der Waals surface area contributed by atoms with Gasteiger partial charge in [0.2, 0.25) is 6.79 Å². The van der Waals surface area contributed by atoms with Gasteiger partial charge in [0.25, 0.3) is 0 Å². The molecule has 1 saturated heterocycles. The summed E-state index contributed by atoms with van der Waals surface area (Å²) < 4.78 is 21.4. The summed E-state index contributed by atoms with van der Waals surface area (Å²) in [4.78, 5) is 9.40. The van der Waals surface area contributed by atoms with E-state index in [2.05, 4.69) is 27.2 Å². The fraction of sp³-hybridized carbons (Fsp3) is 0.500. The Kier molecular flexibility index (Phi) is 6.35. The molecule has 2 aliphatic heterocycles. The lowest BCUT2D eigenvalue weighted by molar-refractivity contribution is 0.169. The molecule has 29 heavy (non-hydrogen) atoms. The van der Waals surface area contributed by atoms with Crippen molar-refractivity contribution in [2.45, 2.75) is 13.5 Å². The SMILES string of the molecule is CCNC(=NCCOc1ccc2c(c1)OCO2)N1CCN(Cc2ccon2)CC1. The molecule has 3 heterocycles. The molecule has 2 aliphatic rings. The largest absolute Gasteiger partial charge is 0.492 e. The second-order valence-electron chi connectivity index (χ2n) is 6.85. The number of fused-ring (bicyclic) bond motifs is 1. The predicted octanol–water partition coefficient (Wildman–Crippen LogP) is 1.57. The summed E-state index contributed by atoms with van der Waals surface area (Å²) in [7, 11) is 0. The van der Waals surface area contributed by atoms with Crippen LogP contribution in [0, 0.1) is 0 Å². The highest BCUT2D eigenvalue weighted by molar-refractivity contribution is 5.80. The number of ether oxygens (including phenoxy) is 3. The minimum Gasteiger partial charge on any atom is -0.492 e. The highest BCUT2D eigenvalue weighted by Gasteiger charge is 2.20. The lowest BCUT2D eigenvalue weighted by atomic mass is 10.3. The number of aromatic nitrogens is 1. The summed E-state index contributed by atoms with van der Waals surface area (Å²) >= 11 is 0. The van der Waals surface area contributed by atoms with E-state index in [1.165, 1.54) is 0 Å². The molecule has 0 unspecified atom stereocenters. The molecule has 0 aliphatic carbocycles. The second-order valence-corrected chi connectivity index (χ2v) is 6.85. The Labute approximate surface area is 170 Å². The maximum atomic E-state index is 5.81. The molecule has 1 fully saturated rings. The molecule has 4 rings (SSSR count). The molecular weight excluding hydrogens is 374 g/mol. The van der Waals surface area contributed by atoms with Gasteiger partial charge in [0.15, 0.2) is 17.5 Å². The highest BCUT2D eigenvalue weighted by atomic mass is 16.7.